The van der Waals surface area contributed by atoms with Gasteiger partial charge in [0, 0.05) is 24.8 Å². The van der Waals surface area contributed by atoms with Gasteiger partial charge in [-0.3, -0.25) is 4.79 Å². The molecule has 0 radical (unpaired) electrons. The molecule has 1 amide bonds. The Morgan fingerprint density at radius 3 is 2.78 bits per heavy atom. The quantitative estimate of drug-likeness (QED) is 0.864. The van der Waals surface area contributed by atoms with E-state index in [-0.39, 0.29) is 23.9 Å². The fraction of sp³-hybridized carbons (Fsp3) is 0.556. The van der Waals surface area contributed by atoms with Crippen LogP contribution in [0.25, 0.3) is 0 Å². The van der Waals surface area contributed by atoms with Gasteiger partial charge in [-0.15, -0.1) is 0 Å². The van der Waals surface area contributed by atoms with Gasteiger partial charge in [-0.05, 0) is 37.8 Å². The zero-order valence-electron chi connectivity index (χ0n) is 13.2. The Hall–Kier alpha value is -2.22. The first-order chi connectivity index (χ1) is 11.3. The molecule has 3 aliphatic rings. The van der Waals surface area contributed by atoms with Crippen LogP contribution < -0.4 is 10.2 Å². The molecule has 3 fully saturated rings. The number of rotatable bonds is 3. The first kappa shape index (κ1) is 14.4. The van der Waals surface area contributed by atoms with Crippen LogP contribution in [0.3, 0.4) is 0 Å². The van der Waals surface area contributed by atoms with E-state index in [9.17, 15) is 10.1 Å². The second kappa shape index (κ2) is 5.77. The van der Waals surface area contributed by atoms with E-state index in [4.69, 9.17) is 0 Å². The van der Waals surface area contributed by atoms with E-state index < -0.39 is 0 Å². The van der Waals surface area contributed by atoms with Gasteiger partial charge >= 0.3 is 0 Å². The minimum Gasteiger partial charge on any atom is -0.371 e. The molecule has 3 aliphatic heterocycles. The van der Waals surface area contributed by atoms with Crippen molar-refractivity contribution in [2.24, 2.45) is 5.92 Å². The molecule has 0 spiro atoms. The fourth-order valence-electron chi connectivity index (χ4n) is 4.45. The zero-order chi connectivity index (χ0) is 15.8. The number of fused-ring (bicyclic) bond motifs is 2. The molecule has 3 heterocycles. The van der Waals surface area contributed by atoms with Crippen LogP contribution in [0.5, 0.6) is 0 Å². The second-order valence-corrected chi connectivity index (χ2v) is 6.92. The molecule has 0 unspecified atom stereocenters. The van der Waals surface area contributed by atoms with E-state index >= 15 is 0 Å². The van der Waals surface area contributed by atoms with Crippen LogP contribution in [0, 0.1) is 17.4 Å². The van der Waals surface area contributed by atoms with Gasteiger partial charge in [-0.25, -0.2) is 0 Å². The average molecular weight is 310 g/mol. The SMILES string of the molecule is N#CN1[C@H]2CC[C@@H]1[C@H](NC(=O)[C@H]1CCN(c3ccccc3)C1)C2. The lowest BCUT2D eigenvalue weighted by molar-refractivity contribution is -0.125. The lowest BCUT2D eigenvalue weighted by atomic mass is 9.95. The number of carbonyl (C=O) groups is 1. The van der Waals surface area contributed by atoms with Crippen molar-refractivity contribution in [3.8, 4) is 6.19 Å². The normalized spacial score (nSPS) is 32.1. The van der Waals surface area contributed by atoms with Crippen LogP contribution in [0.15, 0.2) is 30.3 Å². The topological polar surface area (TPSA) is 59.4 Å². The molecule has 1 aromatic rings. The number of hydrogen-bond donors (Lipinski definition) is 1. The van der Waals surface area contributed by atoms with Crippen molar-refractivity contribution in [2.75, 3.05) is 18.0 Å². The number of anilines is 1. The molecule has 1 aromatic carbocycles. The van der Waals surface area contributed by atoms with Gasteiger partial charge in [-0.1, -0.05) is 18.2 Å². The summed E-state index contributed by atoms with van der Waals surface area (Å²) in [7, 11) is 0. The van der Waals surface area contributed by atoms with Gasteiger partial charge in [-0.2, -0.15) is 5.26 Å². The molecule has 1 N–H and O–H groups in total. The first-order valence-corrected chi connectivity index (χ1v) is 8.54. The summed E-state index contributed by atoms with van der Waals surface area (Å²) in [5.74, 6) is 0.226. The maximum atomic E-state index is 12.6. The third-order valence-corrected chi connectivity index (χ3v) is 5.66. The van der Waals surface area contributed by atoms with E-state index in [2.05, 4.69) is 28.5 Å². The highest BCUT2D eigenvalue weighted by Gasteiger charge is 2.47. The predicted octanol–water partition coefficient (Wildman–Crippen LogP) is 1.72. The minimum absolute atomic E-state index is 0.0601. The Bertz CT molecular complexity index is 626. The van der Waals surface area contributed by atoms with Crippen LogP contribution in [-0.4, -0.2) is 42.0 Å². The summed E-state index contributed by atoms with van der Waals surface area (Å²) in [4.78, 5) is 16.8. The van der Waals surface area contributed by atoms with E-state index in [0.29, 0.717) is 6.04 Å². The smallest absolute Gasteiger partial charge is 0.225 e. The van der Waals surface area contributed by atoms with Gasteiger partial charge in [0.15, 0.2) is 6.19 Å². The summed E-state index contributed by atoms with van der Waals surface area (Å²) >= 11 is 0. The summed E-state index contributed by atoms with van der Waals surface area (Å²) in [5, 5.41) is 12.5. The highest BCUT2D eigenvalue weighted by molar-refractivity contribution is 5.80. The molecule has 23 heavy (non-hydrogen) atoms. The maximum Gasteiger partial charge on any atom is 0.225 e. The molecule has 4 rings (SSSR count). The standard InChI is InChI=1S/C18H22N4O/c19-12-22-15-6-7-17(22)16(10-15)20-18(23)13-8-9-21(11-13)14-4-2-1-3-5-14/h1-5,13,15-17H,6-11H2,(H,20,23)/t13-,15-,16+,17+/m0/s1. The molecule has 2 bridgehead atoms. The summed E-state index contributed by atoms with van der Waals surface area (Å²) < 4.78 is 0. The number of hydrogen-bond acceptors (Lipinski definition) is 4. The van der Waals surface area contributed by atoms with Crippen LogP contribution in [0.4, 0.5) is 5.69 Å². The molecular weight excluding hydrogens is 288 g/mol. The largest absolute Gasteiger partial charge is 0.371 e. The molecule has 3 saturated heterocycles. The summed E-state index contributed by atoms with van der Waals surface area (Å²) in [6.07, 6.45) is 6.26. The van der Waals surface area contributed by atoms with Crippen molar-refractivity contribution in [3.63, 3.8) is 0 Å². The second-order valence-electron chi connectivity index (χ2n) is 6.92. The molecule has 5 heteroatoms. The van der Waals surface area contributed by atoms with Crippen molar-refractivity contribution in [2.45, 2.75) is 43.8 Å². The maximum absolute atomic E-state index is 12.6. The third kappa shape index (κ3) is 2.52. The summed E-state index contributed by atoms with van der Waals surface area (Å²) in [5.41, 5.74) is 1.19. The lowest BCUT2D eigenvalue weighted by Gasteiger charge is -2.24. The van der Waals surface area contributed by atoms with Crippen molar-refractivity contribution in [1.82, 2.24) is 10.2 Å². The van der Waals surface area contributed by atoms with Crippen molar-refractivity contribution < 1.29 is 4.79 Å². The number of carbonyl (C=O) groups excluding carboxylic acids is 1. The van der Waals surface area contributed by atoms with Gasteiger partial charge in [0.1, 0.15) is 0 Å². The number of nitrogens with zero attached hydrogens (tertiary/aromatic N) is 3. The molecular formula is C18H22N4O. The molecule has 120 valence electrons. The lowest BCUT2D eigenvalue weighted by Crippen LogP contribution is -2.46. The van der Waals surface area contributed by atoms with E-state index in [0.717, 1.165) is 38.8 Å². The number of nitrogens with one attached hydrogen (secondary N) is 1. The summed E-state index contributed by atoms with van der Waals surface area (Å²) in [6.45, 7) is 1.72. The number of nitriles is 1. The predicted molar refractivity (Wildman–Crippen MR) is 87.6 cm³/mol. The van der Waals surface area contributed by atoms with Gasteiger partial charge in [0.25, 0.3) is 0 Å². The Labute approximate surface area is 136 Å². The molecule has 5 nitrogen and oxygen atoms in total. The fourth-order valence-corrected chi connectivity index (χ4v) is 4.45. The van der Waals surface area contributed by atoms with Crippen LogP contribution in [0.2, 0.25) is 0 Å². The molecule has 0 saturated carbocycles. The van der Waals surface area contributed by atoms with Gasteiger partial charge in [0.2, 0.25) is 5.91 Å². The molecule has 0 aliphatic carbocycles. The summed E-state index contributed by atoms with van der Waals surface area (Å²) in [6, 6.07) is 11.0. The minimum atomic E-state index is 0.0601. The van der Waals surface area contributed by atoms with Gasteiger partial charge < -0.3 is 15.1 Å². The Morgan fingerprint density at radius 1 is 1.22 bits per heavy atom. The number of benzene rings is 1. The van der Waals surface area contributed by atoms with E-state index in [1.165, 1.54) is 5.69 Å². The Morgan fingerprint density at radius 2 is 2.04 bits per heavy atom. The Kier molecular flexibility index (Phi) is 3.60. The third-order valence-electron chi connectivity index (χ3n) is 5.66. The van der Waals surface area contributed by atoms with Gasteiger partial charge in [0.05, 0.1) is 18.0 Å². The average Bonchev–Trinajstić information content (AvgIpc) is 3.29. The monoisotopic (exact) mass is 310 g/mol. The van der Waals surface area contributed by atoms with Crippen LogP contribution in [0.1, 0.15) is 25.7 Å². The Balaban J connectivity index is 1.35. The first-order valence-electron chi connectivity index (χ1n) is 8.54. The number of amides is 1. The van der Waals surface area contributed by atoms with Crippen LogP contribution >= 0.6 is 0 Å². The van der Waals surface area contributed by atoms with Crippen molar-refractivity contribution >= 4 is 11.6 Å². The molecule has 0 aromatic heterocycles. The highest BCUT2D eigenvalue weighted by Crippen LogP contribution is 2.37. The highest BCUT2D eigenvalue weighted by atomic mass is 16.2. The van der Waals surface area contributed by atoms with Crippen molar-refractivity contribution in [1.29, 1.82) is 5.26 Å². The van der Waals surface area contributed by atoms with E-state index in [1.807, 2.05) is 23.1 Å². The zero-order valence-corrected chi connectivity index (χ0v) is 13.2. The molecule has 4 atom stereocenters. The van der Waals surface area contributed by atoms with E-state index in [1.54, 1.807) is 0 Å². The number of para-hydroxylation sites is 1. The van der Waals surface area contributed by atoms with Crippen molar-refractivity contribution in [3.05, 3.63) is 30.3 Å². The van der Waals surface area contributed by atoms with Crippen LogP contribution in [-0.2, 0) is 4.79 Å².